The lowest BCUT2D eigenvalue weighted by Gasteiger charge is -2.19. The number of nitrogen functional groups attached to an aromatic ring is 1. The molecule has 10 nitrogen and oxygen atoms in total. The van der Waals surface area contributed by atoms with Crippen LogP contribution in [0.2, 0.25) is 0 Å². The molecule has 0 bridgehead atoms. The Morgan fingerprint density at radius 2 is 1.49 bits per heavy atom. The Balaban J connectivity index is 1.98. The predicted octanol–water partition coefficient (Wildman–Crippen LogP) is 5.39. The van der Waals surface area contributed by atoms with Crippen molar-refractivity contribution in [2.24, 2.45) is 0 Å². The number of nitrogens with zero attached hydrogens (tertiary/aromatic N) is 2. The van der Waals surface area contributed by atoms with Crippen molar-refractivity contribution < 1.29 is 33.0 Å². The SMILES string of the molecule is CCCCCCCCCCCCCCCCOCCCOP(=O)(O)CO[C@H](CO)Cn1cc(F)c(N)nc1=O. The van der Waals surface area contributed by atoms with Crippen LogP contribution in [0, 0.1) is 5.82 Å². The third-order valence-corrected chi connectivity index (χ3v) is 7.48. The van der Waals surface area contributed by atoms with Crippen molar-refractivity contribution in [1.29, 1.82) is 0 Å². The predicted molar refractivity (Wildman–Crippen MR) is 151 cm³/mol. The first-order valence-electron chi connectivity index (χ1n) is 14.6. The molecule has 1 rings (SSSR count). The van der Waals surface area contributed by atoms with Crippen molar-refractivity contribution in [1.82, 2.24) is 9.55 Å². The van der Waals surface area contributed by atoms with Gasteiger partial charge in [0.1, 0.15) is 6.35 Å². The van der Waals surface area contributed by atoms with E-state index in [0.29, 0.717) is 19.6 Å². The Morgan fingerprint density at radius 3 is 2.05 bits per heavy atom. The van der Waals surface area contributed by atoms with Gasteiger partial charge in [-0.05, 0) is 12.8 Å². The first-order chi connectivity index (χ1) is 18.8. The molecule has 1 aromatic heterocycles. The summed E-state index contributed by atoms with van der Waals surface area (Å²) < 4.78 is 42.4. The average Bonchev–Trinajstić information content (AvgIpc) is 2.90. The highest BCUT2D eigenvalue weighted by Gasteiger charge is 2.23. The quantitative estimate of drug-likeness (QED) is 0.0971. The number of unbranched alkanes of at least 4 members (excludes halogenated alkanes) is 13. The zero-order valence-corrected chi connectivity index (χ0v) is 24.6. The van der Waals surface area contributed by atoms with Crippen LogP contribution < -0.4 is 11.4 Å². The third kappa shape index (κ3) is 18.6. The van der Waals surface area contributed by atoms with Crippen molar-refractivity contribution in [2.75, 3.05) is 38.5 Å². The molecule has 0 fully saturated rings. The second kappa shape index (κ2) is 22.3. The van der Waals surface area contributed by atoms with Crippen LogP contribution in [-0.2, 0) is 25.1 Å². The second-order valence-corrected chi connectivity index (χ2v) is 11.8. The molecule has 39 heavy (non-hydrogen) atoms. The minimum atomic E-state index is -4.07. The summed E-state index contributed by atoms with van der Waals surface area (Å²) in [7, 11) is -4.07. The normalized spacial score (nSPS) is 13.9. The summed E-state index contributed by atoms with van der Waals surface area (Å²) in [6.07, 6.45) is 17.9. The van der Waals surface area contributed by atoms with Gasteiger partial charge in [0, 0.05) is 19.4 Å². The maximum Gasteiger partial charge on any atom is 0.353 e. The summed E-state index contributed by atoms with van der Waals surface area (Å²) in [6, 6.07) is 0. The molecule has 4 N–H and O–H groups in total. The van der Waals surface area contributed by atoms with Crippen LogP contribution in [0.5, 0.6) is 0 Å². The molecule has 0 saturated carbocycles. The van der Waals surface area contributed by atoms with Gasteiger partial charge in [0.25, 0.3) is 0 Å². The number of aromatic nitrogens is 2. The van der Waals surface area contributed by atoms with Gasteiger partial charge in [-0.3, -0.25) is 9.13 Å². The van der Waals surface area contributed by atoms with E-state index in [1.54, 1.807) is 0 Å². The maximum absolute atomic E-state index is 13.5. The molecule has 0 amide bonds. The highest BCUT2D eigenvalue weighted by atomic mass is 31.2. The molecule has 0 aliphatic heterocycles. The lowest BCUT2D eigenvalue weighted by atomic mass is 10.0. The first kappa shape index (κ1) is 35.7. The van der Waals surface area contributed by atoms with E-state index < -0.39 is 44.0 Å². The molecular weight excluding hydrogens is 528 g/mol. The van der Waals surface area contributed by atoms with Gasteiger partial charge in [0.05, 0.1) is 25.9 Å². The van der Waals surface area contributed by atoms with Gasteiger partial charge in [-0.1, -0.05) is 90.4 Å². The van der Waals surface area contributed by atoms with E-state index in [4.69, 9.17) is 19.7 Å². The summed E-state index contributed by atoms with van der Waals surface area (Å²) in [5.41, 5.74) is 4.41. The number of hydrogen-bond donors (Lipinski definition) is 3. The monoisotopic (exact) mass is 579 g/mol. The summed E-state index contributed by atoms with van der Waals surface area (Å²) in [4.78, 5) is 25.0. The number of nitrogens with two attached hydrogens (primary N) is 1. The number of hydrogen-bond acceptors (Lipinski definition) is 8. The smallest absolute Gasteiger partial charge is 0.353 e. The van der Waals surface area contributed by atoms with Gasteiger partial charge in [0.15, 0.2) is 11.6 Å². The Kier molecular flexibility index (Phi) is 20.4. The van der Waals surface area contributed by atoms with Crippen LogP contribution in [0.15, 0.2) is 11.0 Å². The summed E-state index contributed by atoms with van der Waals surface area (Å²) >= 11 is 0. The second-order valence-electron chi connectivity index (χ2n) is 10.0. The molecule has 0 saturated heterocycles. The summed E-state index contributed by atoms with van der Waals surface area (Å²) in [5, 5.41) is 9.44. The number of ether oxygens (including phenoxy) is 2. The highest BCUT2D eigenvalue weighted by Crippen LogP contribution is 2.42. The van der Waals surface area contributed by atoms with E-state index >= 15 is 0 Å². The third-order valence-electron chi connectivity index (χ3n) is 6.42. The molecule has 0 aliphatic rings. The van der Waals surface area contributed by atoms with Gasteiger partial charge < -0.3 is 29.7 Å². The highest BCUT2D eigenvalue weighted by molar-refractivity contribution is 7.52. The van der Waals surface area contributed by atoms with E-state index in [0.717, 1.165) is 23.6 Å². The van der Waals surface area contributed by atoms with Crippen molar-refractivity contribution in [3.63, 3.8) is 0 Å². The minimum absolute atomic E-state index is 0.0201. The molecule has 0 aromatic carbocycles. The Bertz CT molecular complexity index is 859. The molecule has 1 unspecified atom stereocenters. The maximum atomic E-state index is 13.5. The topological polar surface area (TPSA) is 146 Å². The van der Waals surface area contributed by atoms with Crippen LogP contribution in [0.3, 0.4) is 0 Å². The molecule has 228 valence electrons. The van der Waals surface area contributed by atoms with Crippen LogP contribution in [0.25, 0.3) is 0 Å². The standard InChI is InChI=1S/C27H51FN3O7P/c1-2-3-4-5-6-7-8-9-10-11-12-13-14-15-17-36-18-16-19-38-39(34,35)23-37-24(22-32)20-31-21-25(28)26(29)30-27(31)33/h21,24,32H,2-20,22-23H2,1H3,(H,34,35)(H2,29,30,33)/t24-/m0/s1. The Hall–Kier alpha value is -1.36. The van der Waals surface area contributed by atoms with Gasteiger partial charge in [-0.2, -0.15) is 4.98 Å². The van der Waals surface area contributed by atoms with E-state index in [-0.39, 0.29) is 13.2 Å². The molecular formula is C27H51FN3O7P. The van der Waals surface area contributed by atoms with Crippen LogP contribution >= 0.6 is 7.60 Å². The van der Waals surface area contributed by atoms with E-state index in [1.807, 2.05) is 0 Å². The Morgan fingerprint density at radius 1 is 0.949 bits per heavy atom. The number of halogens is 1. The lowest BCUT2D eigenvalue weighted by molar-refractivity contribution is 0.0161. The van der Waals surface area contributed by atoms with E-state index in [1.165, 1.54) is 77.0 Å². The molecule has 1 heterocycles. The number of rotatable bonds is 26. The number of anilines is 1. The fraction of sp³-hybridized carbons (Fsp3) is 0.852. The van der Waals surface area contributed by atoms with Gasteiger partial charge in [-0.15, -0.1) is 0 Å². The van der Waals surface area contributed by atoms with Crippen molar-refractivity contribution in [2.45, 2.75) is 116 Å². The largest absolute Gasteiger partial charge is 0.394 e. The molecule has 0 aliphatic carbocycles. The number of aliphatic hydroxyl groups is 1. The molecule has 2 atom stereocenters. The van der Waals surface area contributed by atoms with Gasteiger partial charge in [-0.25, -0.2) is 9.18 Å². The molecule has 0 radical (unpaired) electrons. The summed E-state index contributed by atoms with van der Waals surface area (Å²) in [5.74, 6) is -1.43. The lowest BCUT2D eigenvalue weighted by Crippen LogP contribution is -2.32. The molecule has 1 aromatic rings. The zero-order chi connectivity index (χ0) is 28.8. The van der Waals surface area contributed by atoms with Crippen molar-refractivity contribution in [3.05, 3.63) is 22.5 Å². The molecule has 12 heteroatoms. The van der Waals surface area contributed by atoms with Crippen molar-refractivity contribution in [3.8, 4) is 0 Å². The number of aliphatic hydroxyl groups excluding tert-OH is 1. The zero-order valence-electron chi connectivity index (χ0n) is 23.7. The van der Waals surface area contributed by atoms with Crippen LogP contribution in [-0.4, -0.2) is 58.4 Å². The minimum Gasteiger partial charge on any atom is -0.394 e. The van der Waals surface area contributed by atoms with E-state index in [9.17, 15) is 23.7 Å². The van der Waals surface area contributed by atoms with E-state index in [2.05, 4.69) is 11.9 Å². The Labute approximate surface area is 233 Å². The first-order valence-corrected chi connectivity index (χ1v) is 16.3. The van der Waals surface area contributed by atoms with Crippen LogP contribution in [0.4, 0.5) is 10.2 Å². The average molecular weight is 580 g/mol. The van der Waals surface area contributed by atoms with Crippen molar-refractivity contribution >= 4 is 13.4 Å². The van der Waals surface area contributed by atoms with Gasteiger partial charge >= 0.3 is 13.3 Å². The van der Waals surface area contributed by atoms with Crippen LogP contribution in [0.1, 0.15) is 103 Å². The fourth-order valence-corrected chi connectivity index (χ4v) is 4.99. The molecule has 0 spiro atoms. The summed E-state index contributed by atoms with van der Waals surface area (Å²) in [6.45, 7) is 2.53. The van der Waals surface area contributed by atoms with Gasteiger partial charge in [0.2, 0.25) is 0 Å². The fourth-order valence-electron chi connectivity index (χ4n) is 4.10.